The van der Waals surface area contributed by atoms with Crippen molar-refractivity contribution in [3.63, 3.8) is 0 Å². The Labute approximate surface area is 207 Å². The average molecular weight is 483 g/mol. The Morgan fingerprint density at radius 2 is 1.34 bits per heavy atom. The highest BCUT2D eigenvalue weighted by atomic mass is 16.3. The van der Waals surface area contributed by atoms with Crippen LogP contribution in [0.15, 0.2) is 49.1 Å². The molecular weight excluding hydrogens is 444 g/mol. The zero-order valence-electron chi connectivity index (χ0n) is 19.6. The maximum Gasteiger partial charge on any atom is 0.149 e. The number of aliphatic hydroxyl groups is 2. The first-order chi connectivity index (χ1) is 15.5. The van der Waals surface area contributed by atoms with Gasteiger partial charge in [0.05, 0.1) is 59.5 Å². The number of Topliss-reactive ketones (excluding diaryl/α,β-unsaturated/α-hetero) is 2. The second-order valence-electron chi connectivity index (χ2n) is 8.77. The highest BCUT2D eigenvalue weighted by Gasteiger charge is 2.21. The van der Waals surface area contributed by atoms with Crippen LogP contribution in [-0.2, 0) is 28.3 Å². The summed E-state index contributed by atoms with van der Waals surface area (Å²) in [6.07, 6.45) is 2.71. The van der Waals surface area contributed by atoms with E-state index in [9.17, 15) is 19.8 Å². The van der Waals surface area contributed by atoms with Gasteiger partial charge in [0.1, 0.15) is 11.6 Å². The Morgan fingerprint density at radius 1 is 0.886 bits per heavy atom. The largest absolute Gasteiger partial charge is 0.389 e. The van der Waals surface area contributed by atoms with Gasteiger partial charge in [-0.15, -0.1) is 0 Å². The molecule has 8 heteroatoms. The Bertz CT molecular complexity index is 1300. The van der Waals surface area contributed by atoms with Gasteiger partial charge in [-0.3, -0.25) is 9.59 Å². The van der Waals surface area contributed by atoms with Crippen LogP contribution in [-0.4, -0.2) is 40.9 Å². The molecular formula is C27H38N4O4. The summed E-state index contributed by atoms with van der Waals surface area (Å²) in [5.41, 5.74) is 3.91. The number of nitrogens with zero attached hydrogens (tertiary/aromatic N) is 4. The molecule has 1 unspecified atom stereocenters. The lowest BCUT2D eigenvalue weighted by molar-refractivity contribution is -0.118. The molecule has 0 spiro atoms. The summed E-state index contributed by atoms with van der Waals surface area (Å²) in [7, 11) is 0. The fraction of sp³-hybridized carbons (Fsp3) is 0.407. The van der Waals surface area contributed by atoms with Crippen LogP contribution in [0.25, 0.3) is 22.1 Å². The van der Waals surface area contributed by atoms with Crippen LogP contribution in [0.4, 0.5) is 0 Å². The van der Waals surface area contributed by atoms with Gasteiger partial charge in [-0.05, 0) is 46.8 Å². The molecule has 0 bridgehead atoms. The lowest BCUT2D eigenvalue weighted by atomic mass is 9.97. The first-order valence-electron chi connectivity index (χ1n) is 10.8. The van der Waals surface area contributed by atoms with Crippen molar-refractivity contribution >= 4 is 33.6 Å². The monoisotopic (exact) mass is 482 g/mol. The van der Waals surface area contributed by atoms with Crippen molar-refractivity contribution in [3.05, 3.63) is 60.2 Å². The van der Waals surface area contributed by atoms with Gasteiger partial charge < -0.3 is 19.3 Å². The van der Waals surface area contributed by atoms with E-state index in [4.69, 9.17) is 0 Å². The third kappa shape index (κ3) is 6.83. The van der Waals surface area contributed by atoms with Crippen LogP contribution in [0.3, 0.4) is 0 Å². The molecule has 0 amide bonds. The number of carbonyl (C=O) groups is 2. The minimum atomic E-state index is -0.950. The van der Waals surface area contributed by atoms with Crippen molar-refractivity contribution in [2.24, 2.45) is 0 Å². The van der Waals surface area contributed by atoms with E-state index in [1.54, 1.807) is 49.5 Å². The zero-order chi connectivity index (χ0) is 24.3. The van der Waals surface area contributed by atoms with E-state index in [2.05, 4.69) is 9.97 Å². The summed E-state index contributed by atoms with van der Waals surface area (Å²) in [5, 5.41) is 19.8. The summed E-state index contributed by atoms with van der Waals surface area (Å²) in [4.78, 5) is 30.8. The maximum atomic E-state index is 11.2. The molecule has 2 heterocycles. The molecule has 0 aliphatic rings. The van der Waals surface area contributed by atoms with Crippen molar-refractivity contribution < 1.29 is 19.8 Å². The van der Waals surface area contributed by atoms with Crippen molar-refractivity contribution in [1.82, 2.24) is 19.1 Å². The number of carbonyl (C=O) groups excluding carboxylic acids is 2. The number of benzene rings is 2. The third-order valence-electron chi connectivity index (χ3n) is 5.20. The van der Waals surface area contributed by atoms with Crippen LogP contribution >= 0.6 is 0 Å². The SMILES string of the molecule is C.C.CC(=O)Cn1cnc2cccc(C(C)(C)O)c21.CC(=O)Cn1cnc2cccc(C(C)O)c21. The van der Waals surface area contributed by atoms with E-state index in [-0.39, 0.29) is 33.0 Å². The smallest absolute Gasteiger partial charge is 0.149 e. The van der Waals surface area contributed by atoms with Gasteiger partial charge in [0, 0.05) is 11.1 Å². The Balaban J connectivity index is 0.000000332. The molecule has 4 aromatic rings. The molecule has 35 heavy (non-hydrogen) atoms. The van der Waals surface area contributed by atoms with Gasteiger partial charge in [0.25, 0.3) is 0 Å². The van der Waals surface area contributed by atoms with E-state index in [1.165, 1.54) is 6.92 Å². The summed E-state index contributed by atoms with van der Waals surface area (Å²) in [6.45, 7) is 8.82. The highest BCUT2D eigenvalue weighted by molar-refractivity contribution is 5.84. The molecule has 0 radical (unpaired) electrons. The number of rotatable bonds is 6. The number of hydrogen-bond acceptors (Lipinski definition) is 6. The topological polar surface area (TPSA) is 110 Å². The number of para-hydroxylation sites is 2. The van der Waals surface area contributed by atoms with E-state index in [0.29, 0.717) is 6.54 Å². The molecule has 0 fully saturated rings. The molecule has 1 atom stereocenters. The highest BCUT2D eigenvalue weighted by Crippen LogP contribution is 2.28. The molecule has 2 N–H and O–H groups in total. The number of ketones is 2. The van der Waals surface area contributed by atoms with Crippen LogP contribution in [0.5, 0.6) is 0 Å². The summed E-state index contributed by atoms with van der Waals surface area (Å²) >= 11 is 0. The maximum absolute atomic E-state index is 11.2. The quantitative estimate of drug-likeness (QED) is 0.408. The van der Waals surface area contributed by atoms with Crippen molar-refractivity contribution in [2.75, 3.05) is 0 Å². The van der Waals surface area contributed by atoms with Crippen molar-refractivity contribution in [2.45, 2.75) is 74.3 Å². The fourth-order valence-corrected chi connectivity index (χ4v) is 3.83. The van der Waals surface area contributed by atoms with Crippen LogP contribution < -0.4 is 0 Å². The third-order valence-corrected chi connectivity index (χ3v) is 5.20. The second kappa shape index (κ2) is 11.9. The van der Waals surface area contributed by atoms with Gasteiger partial charge in [-0.25, -0.2) is 9.97 Å². The minimum Gasteiger partial charge on any atom is -0.389 e. The summed E-state index contributed by atoms with van der Waals surface area (Å²) < 4.78 is 3.56. The Hall–Kier alpha value is -3.36. The molecule has 8 nitrogen and oxygen atoms in total. The summed E-state index contributed by atoms with van der Waals surface area (Å²) in [6, 6.07) is 11.2. The van der Waals surface area contributed by atoms with Gasteiger partial charge in [0.15, 0.2) is 0 Å². The molecule has 4 rings (SSSR count). The number of imidazole rings is 2. The fourth-order valence-electron chi connectivity index (χ4n) is 3.83. The number of aliphatic hydroxyl groups excluding tert-OH is 1. The standard InChI is InChI=1S/C13H16N2O2.C12H14N2O2.2CH4/c1-9(16)7-15-8-14-11-6-4-5-10(12(11)15)13(2,3)17;1-8(15)6-14-7-13-11-5-3-4-10(9(2)16)12(11)14;;/h4-6,8,17H,7H2,1-3H3;3-5,7,9,16H,6H2,1-2H3;2*1H4. The molecule has 2 aromatic heterocycles. The Morgan fingerprint density at radius 3 is 1.80 bits per heavy atom. The number of fused-ring (bicyclic) bond motifs is 2. The van der Waals surface area contributed by atoms with Crippen LogP contribution in [0.1, 0.15) is 66.7 Å². The predicted molar refractivity (Wildman–Crippen MR) is 140 cm³/mol. The lowest BCUT2D eigenvalue weighted by Crippen LogP contribution is -2.17. The zero-order valence-corrected chi connectivity index (χ0v) is 19.6. The van der Waals surface area contributed by atoms with Crippen LogP contribution in [0, 0.1) is 0 Å². The summed E-state index contributed by atoms with van der Waals surface area (Å²) in [5.74, 6) is 0.134. The number of hydrogen-bond donors (Lipinski definition) is 2. The van der Waals surface area contributed by atoms with Gasteiger partial charge in [-0.1, -0.05) is 39.1 Å². The number of aromatic nitrogens is 4. The van der Waals surface area contributed by atoms with Gasteiger partial charge >= 0.3 is 0 Å². The second-order valence-corrected chi connectivity index (χ2v) is 8.77. The normalized spacial score (nSPS) is 11.7. The first-order valence-corrected chi connectivity index (χ1v) is 10.8. The van der Waals surface area contributed by atoms with Crippen LogP contribution in [0.2, 0.25) is 0 Å². The molecule has 0 saturated heterocycles. The molecule has 2 aromatic carbocycles. The van der Waals surface area contributed by atoms with E-state index >= 15 is 0 Å². The van der Waals surface area contributed by atoms with Gasteiger partial charge in [0.2, 0.25) is 0 Å². The molecule has 0 saturated carbocycles. The van der Waals surface area contributed by atoms with Crippen molar-refractivity contribution in [1.29, 1.82) is 0 Å². The van der Waals surface area contributed by atoms with Gasteiger partial charge in [-0.2, -0.15) is 0 Å². The molecule has 190 valence electrons. The molecule has 0 aliphatic carbocycles. The Kier molecular flexibility index (Phi) is 10.1. The average Bonchev–Trinajstić information content (AvgIpc) is 3.31. The first kappa shape index (κ1) is 29.7. The van der Waals surface area contributed by atoms with E-state index in [1.807, 2.05) is 36.4 Å². The van der Waals surface area contributed by atoms with E-state index < -0.39 is 11.7 Å². The predicted octanol–water partition coefficient (Wildman–Crippen LogP) is 4.80. The van der Waals surface area contributed by atoms with E-state index in [0.717, 1.165) is 33.2 Å². The molecule has 0 aliphatic heterocycles. The minimum absolute atomic E-state index is 0. The lowest BCUT2D eigenvalue weighted by Gasteiger charge is -2.19. The van der Waals surface area contributed by atoms with Crippen molar-refractivity contribution in [3.8, 4) is 0 Å².